The predicted octanol–water partition coefficient (Wildman–Crippen LogP) is 1.87. The van der Waals surface area contributed by atoms with Crippen LogP contribution in [0.5, 0.6) is 11.5 Å². The Balaban J connectivity index is 1.28. The van der Waals surface area contributed by atoms with Gasteiger partial charge in [0.05, 0.1) is 17.7 Å². The molecule has 2 aliphatic heterocycles. The maximum absolute atomic E-state index is 12.9. The van der Waals surface area contributed by atoms with Crippen LogP contribution in [-0.2, 0) is 9.59 Å². The molecule has 1 saturated heterocycles. The third kappa shape index (κ3) is 4.62. The van der Waals surface area contributed by atoms with Crippen LogP contribution in [0.1, 0.15) is 12.5 Å². The summed E-state index contributed by atoms with van der Waals surface area (Å²) < 4.78 is 11.5. The van der Waals surface area contributed by atoms with Crippen LogP contribution in [0.3, 0.4) is 0 Å². The van der Waals surface area contributed by atoms with E-state index in [4.69, 9.17) is 14.7 Å². The zero-order chi connectivity index (χ0) is 21.8. The Labute approximate surface area is 181 Å². The van der Waals surface area contributed by atoms with Gasteiger partial charge in [-0.2, -0.15) is 5.26 Å². The molecule has 2 heterocycles. The highest BCUT2D eigenvalue weighted by molar-refractivity contribution is 5.94. The van der Waals surface area contributed by atoms with Crippen molar-refractivity contribution in [1.82, 2.24) is 9.80 Å². The van der Waals surface area contributed by atoms with Crippen LogP contribution in [0.2, 0.25) is 0 Å². The van der Waals surface area contributed by atoms with E-state index in [1.54, 1.807) is 35.2 Å². The lowest BCUT2D eigenvalue weighted by Gasteiger charge is -2.39. The lowest BCUT2D eigenvalue weighted by atomic mass is 10.1. The Kier molecular flexibility index (Phi) is 6.05. The van der Waals surface area contributed by atoms with E-state index in [0.29, 0.717) is 48.9 Å². The maximum Gasteiger partial charge on any atom is 0.267 e. The minimum atomic E-state index is -0.654. The van der Waals surface area contributed by atoms with E-state index in [0.717, 1.165) is 0 Å². The number of amides is 2. The predicted molar refractivity (Wildman–Crippen MR) is 114 cm³/mol. The first-order chi connectivity index (χ1) is 15.0. The van der Waals surface area contributed by atoms with Gasteiger partial charge in [-0.1, -0.05) is 12.1 Å². The number of hydrogen-bond acceptors (Lipinski definition) is 6. The molecule has 31 heavy (non-hydrogen) atoms. The van der Waals surface area contributed by atoms with E-state index >= 15 is 0 Å². The Morgan fingerprint density at radius 3 is 2.42 bits per heavy atom. The van der Waals surface area contributed by atoms with E-state index in [1.165, 1.54) is 0 Å². The number of nitriles is 1. The first-order valence-electron chi connectivity index (χ1n) is 10.3. The van der Waals surface area contributed by atoms with Crippen molar-refractivity contribution >= 4 is 17.5 Å². The summed E-state index contributed by atoms with van der Waals surface area (Å²) in [6.07, 6.45) is -0.654. The first kappa shape index (κ1) is 20.7. The highest BCUT2D eigenvalue weighted by atomic mass is 16.6. The van der Waals surface area contributed by atoms with Gasteiger partial charge in [-0.25, -0.2) is 0 Å². The van der Waals surface area contributed by atoms with E-state index in [9.17, 15) is 9.59 Å². The molecule has 0 saturated carbocycles. The zero-order valence-corrected chi connectivity index (χ0v) is 17.3. The molecule has 0 radical (unpaired) electrons. The molecular weight excluding hydrogens is 396 g/mol. The minimum Gasteiger partial charge on any atom is -0.485 e. The second-order valence-electron chi connectivity index (χ2n) is 7.58. The average molecular weight is 420 g/mol. The SMILES string of the molecule is C[C@@H](C(=O)Nc1ccc(C#N)cc1)N1CCN(C(=O)[C@@H]2COc3ccccc3O2)CC1. The maximum atomic E-state index is 12.9. The lowest BCUT2D eigenvalue weighted by molar-refractivity contribution is -0.143. The molecular formula is C23H24N4O4. The molecule has 2 amide bonds. The van der Waals surface area contributed by atoms with Gasteiger partial charge < -0.3 is 19.7 Å². The quantitative estimate of drug-likeness (QED) is 0.812. The average Bonchev–Trinajstić information content (AvgIpc) is 2.83. The number of piperazine rings is 1. The van der Waals surface area contributed by atoms with Crippen molar-refractivity contribution < 1.29 is 19.1 Å². The van der Waals surface area contributed by atoms with Crippen molar-refractivity contribution in [3.63, 3.8) is 0 Å². The molecule has 160 valence electrons. The fourth-order valence-corrected chi connectivity index (χ4v) is 3.72. The molecule has 4 rings (SSSR count). The molecule has 8 nitrogen and oxygen atoms in total. The summed E-state index contributed by atoms with van der Waals surface area (Å²) in [5, 5.41) is 11.7. The number of benzene rings is 2. The molecule has 0 unspecified atom stereocenters. The van der Waals surface area contributed by atoms with Crippen molar-refractivity contribution in [2.75, 3.05) is 38.1 Å². The van der Waals surface area contributed by atoms with E-state index < -0.39 is 6.10 Å². The molecule has 2 atom stereocenters. The third-order valence-electron chi connectivity index (χ3n) is 5.62. The van der Waals surface area contributed by atoms with Crippen LogP contribution in [0.15, 0.2) is 48.5 Å². The topological polar surface area (TPSA) is 94.9 Å². The highest BCUT2D eigenvalue weighted by Crippen LogP contribution is 2.31. The molecule has 1 fully saturated rings. The summed E-state index contributed by atoms with van der Waals surface area (Å²) in [6, 6.07) is 15.8. The van der Waals surface area contributed by atoms with Crippen LogP contribution < -0.4 is 14.8 Å². The number of anilines is 1. The molecule has 0 aliphatic carbocycles. The van der Waals surface area contributed by atoms with Crippen molar-refractivity contribution in [3.05, 3.63) is 54.1 Å². The normalized spacial score (nSPS) is 19.2. The van der Waals surface area contributed by atoms with Crippen molar-refractivity contribution in [2.24, 2.45) is 0 Å². The Morgan fingerprint density at radius 1 is 1.06 bits per heavy atom. The summed E-state index contributed by atoms with van der Waals surface area (Å²) in [5.41, 5.74) is 1.20. The molecule has 2 aliphatic rings. The Hall–Kier alpha value is -3.57. The number of rotatable bonds is 4. The van der Waals surface area contributed by atoms with Crippen molar-refractivity contribution in [2.45, 2.75) is 19.1 Å². The highest BCUT2D eigenvalue weighted by Gasteiger charge is 2.34. The van der Waals surface area contributed by atoms with Gasteiger partial charge in [0.15, 0.2) is 11.5 Å². The molecule has 0 bridgehead atoms. The molecule has 8 heteroatoms. The zero-order valence-electron chi connectivity index (χ0n) is 17.3. The van der Waals surface area contributed by atoms with Crippen LogP contribution in [-0.4, -0.2) is 66.5 Å². The number of nitrogens with zero attached hydrogens (tertiary/aromatic N) is 3. The molecule has 1 N–H and O–H groups in total. The van der Waals surface area contributed by atoms with Crippen LogP contribution in [0, 0.1) is 11.3 Å². The second kappa shape index (κ2) is 9.06. The number of para-hydroxylation sites is 2. The smallest absolute Gasteiger partial charge is 0.267 e. The Bertz CT molecular complexity index is 993. The van der Waals surface area contributed by atoms with Crippen molar-refractivity contribution in [3.8, 4) is 17.6 Å². The summed E-state index contributed by atoms with van der Waals surface area (Å²) in [4.78, 5) is 29.3. The molecule has 2 aromatic carbocycles. The van der Waals surface area contributed by atoms with Gasteiger partial charge in [0, 0.05) is 31.9 Å². The van der Waals surface area contributed by atoms with Crippen molar-refractivity contribution in [1.29, 1.82) is 5.26 Å². The van der Waals surface area contributed by atoms with E-state index in [2.05, 4.69) is 16.3 Å². The number of nitrogens with one attached hydrogen (secondary N) is 1. The van der Waals surface area contributed by atoms with E-state index in [1.807, 2.05) is 25.1 Å². The molecule has 2 aromatic rings. The van der Waals surface area contributed by atoms with Gasteiger partial charge in [0.1, 0.15) is 6.61 Å². The number of ether oxygens (including phenoxy) is 2. The van der Waals surface area contributed by atoms with Gasteiger partial charge >= 0.3 is 0 Å². The minimum absolute atomic E-state index is 0.0937. The fraction of sp³-hybridized carbons (Fsp3) is 0.348. The fourth-order valence-electron chi connectivity index (χ4n) is 3.72. The number of carbonyl (C=O) groups is 2. The van der Waals surface area contributed by atoms with Crippen LogP contribution in [0.4, 0.5) is 5.69 Å². The van der Waals surface area contributed by atoms with Crippen LogP contribution >= 0.6 is 0 Å². The summed E-state index contributed by atoms with van der Waals surface area (Å²) in [5.74, 6) is 1.02. The van der Waals surface area contributed by atoms with Gasteiger partial charge in [-0.05, 0) is 43.3 Å². The molecule has 0 aromatic heterocycles. The standard InChI is InChI=1S/C23H24N4O4/c1-16(22(28)25-18-8-6-17(14-24)7-9-18)26-10-12-27(13-11-26)23(29)21-15-30-19-4-2-3-5-20(19)31-21/h2-9,16,21H,10-13,15H2,1H3,(H,25,28)/t16-,21-/m0/s1. The van der Waals surface area contributed by atoms with Gasteiger partial charge in [0.25, 0.3) is 5.91 Å². The van der Waals surface area contributed by atoms with Gasteiger partial charge in [-0.3, -0.25) is 14.5 Å². The number of carbonyl (C=O) groups excluding carboxylic acids is 2. The second-order valence-corrected chi connectivity index (χ2v) is 7.58. The number of hydrogen-bond donors (Lipinski definition) is 1. The summed E-state index contributed by atoms with van der Waals surface area (Å²) >= 11 is 0. The first-order valence-corrected chi connectivity index (χ1v) is 10.3. The molecule has 0 spiro atoms. The third-order valence-corrected chi connectivity index (χ3v) is 5.62. The number of fused-ring (bicyclic) bond motifs is 1. The van der Waals surface area contributed by atoms with Crippen LogP contribution in [0.25, 0.3) is 0 Å². The van der Waals surface area contributed by atoms with Gasteiger partial charge in [-0.15, -0.1) is 0 Å². The monoisotopic (exact) mass is 420 g/mol. The van der Waals surface area contributed by atoms with E-state index in [-0.39, 0.29) is 24.5 Å². The summed E-state index contributed by atoms with van der Waals surface area (Å²) in [6.45, 7) is 4.28. The van der Waals surface area contributed by atoms with Gasteiger partial charge in [0.2, 0.25) is 12.0 Å². The lowest BCUT2D eigenvalue weighted by Crippen LogP contribution is -2.57. The largest absolute Gasteiger partial charge is 0.485 e. The Morgan fingerprint density at radius 2 is 1.74 bits per heavy atom. The summed E-state index contributed by atoms with van der Waals surface area (Å²) in [7, 11) is 0.